The van der Waals surface area contributed by atoms with E-state index in [1.165, 1.54) is 6.26 Å². The molecule has 0 fully saturated rings. The lowest BCUT2D eigenvalue weighted by molar-refractivity contribution is -0.136. The summed E-state index contributed by atoms with van der Waals surface area (Å²) in [5, 5.41) is 8.75. The molecule has 5 heteroatoms. The van der Waals surface area contributed by atoms with Crippen LogP contribution in [0.5, 0.6) is 0 Å². The summed E-state index contributed by atoms with van der Waals surface area (Å²) in [6.45, 7) is 5.35. The van der Waals surface area contributed by atoms with Crippen molar-refractivity contribution >= 4 is 11.9 Å². The maximum Gasteiger partial charge on any atom is 0.311 e. The molecule has 1 amide bonds. The largest absolute Gasteiger partial charge is 0.481 e. The van der Waals surface area contributed by atoms with E-state index < -0.39 is 5.97 Å². The number of furan rings is 1. The fourth-order valence-corrected chi connectivity index (χ4v) is 1.83. The molecule has 0 bridgehead atoms. The van der Waals surface area contributed by atoms with Crippen LogP contribution in [0.2, 0.25) is 0 Å². The molecule has 0 saturated heterocycles. The second-order valence-corrected chi connectivity index (χ2v) is 4.12. The Morgan fingerprint density at radius 1 is 1.28 bits per heavy atom. The Bertz CT molecular complexity index is 405. The first-order valence-corrected chi connectivity index (χ1v) is 6.17. The highest BCUT2D eigenvalue weighted by Gasteiger charge is 2.21. The van der Waals surface area contributed by atoms with Gasteiger partial charge in [-0.25, -0.2) is 0 Å². The molecule has 0 unspecified atom stereocenters. The summed E-state index contributed by atoms with van der Waals surface area (Å²) in [5.74, 6) is -0.926. The Balaban J connectivity index is 2.87. The van der Waals surface area contributed by atoms with Gasteiger partial charge in [0, 0.05) is 13.1 Å². The van der Waals surface area contributed by atoms with E-state index in [1.54, 1.807) is 11.0 Å². The van der Waals surface area contributed by atoms with Crippen molar-refractivity contribution in [3.63, 3.8) is 0 Å². The van der Waals surface area contributed by atoms with Crippen LogP contribution in [0.15, 0.2) is 16.7 Å². The smallest absolute Gasteiger partial charge is 0.311 e. The number of carboxylic acids is 1. The topological polar surface area (TPSA) is 70.8 Å². The average Bonchev–Trinajstić information content (AvgIpc) is 2.75. The highest BCUT2D eigenvalue weighted by Crippen LogP contribution is 2.15. The highest BCUT2D eigenvalue weighted by atomic mass is 16.4. The average molecular weight is 253 g/mol. The van der Waals surface area contributed by atoms with Gasteiger partial charge in [0.25, 0.3) is 5.91 Å². The number of hydrogen-bond donors (Lipinski definition) is 1. The third kappa shape index (κ3) is 3.61. The van der Waals surface area contributed by atoms with Crippen molar-refractivity contribution < 1.29 is 19.1 Å². The van der Waals surface area contributed by atoms with Crippen molar-refractivity contribution in [1.29, 1.82) is 0 Å². The third-order valence-electron chi connectivity index (χ3n) is 2.56. The second kappa shape index (κ2) is 6.83. The van der Waals surface area contributed by atoms with Gasteiger partial charge in [0.15, 0.2) is 0 Å². The van der Waals surface area contributed by atoms with Crippen LogP contribution in [-0.2, 0) is 11.2 Å². The van der Waals surface area contributed by atoms with Crippen LogP contribution in [0.25, 0.3) is 0 Å². The third-order valence-corrected chi connectivity index (χ3v) is 2.56. The quantitative estimate of drug-likeness (QED) is 0.808. The summed E-state index contributed by atoms with van der Waals surface area (Å²) < 4.78 is 5.07. The van der Waals surface area contributed by atoms with Crippen LogP contribution in [0.3, 0.4) is 0 Å². The number of aliphatic carboxylic acids is 1. The van der Waals surface area contributed by atoms with Gasteiger partial charge >= 0.3 is 5.97 Å². The van der Waals surface area contributed by atoms with Gasteiger partial charge in [-0.1, -0.05) is 13.8 Å². The zero-order valence-electron chi connectivity index (χ0n) is 10.8. The number of nitrogens with zero attached hydrogens (tertiary/aromatic N) is 1. The van der Waals surface area contributed by atoms with Gasteiger partial charge in [0.2, 0.25) is 0 Å². The maximum atomic E-state index is 12.3. The fraction of sp³-hybridized carbons (Fsp3) is 0.538. The Kier molecular flexibility index (Phi) is 5.42. The molecule has 0 saturated carbocycles. The Hall–Kier alpha value is -1.78. The van der Waals surface area contributed by atoms with E-state index in [4.69, 9.17) is 9.52 Å². The molecule has 1 N–H and O–H groups in total. The zero-order valence-corrected chi connectivity index (χ0v) is 10.8. The lowest BCUT2D eigenvalue weighted by atomic mass is 10.1. The van der Waals surface area contributed by atoms with Crippen molar-refractivity contribution in [3.8, 4) is 0 Å². The van der Waals surface area contributed by atoms with Crippen LogP contribution >= 0.6 is 0 Å². The molecule has 1 heterocycles. The highest BCUT2D eigenvalue weighted by molar-refractivity contribution is 5.96. The van der Waals surface area contributed by atoms with Crippen LogP contribution in [0.4, 0.5) is 0 Å². The predicted octanol–water partition coefficient (Wildman–Crippen LogP) is 2.17. The van der Waals surface area contributed by atoms with E-state index >= 15 is 0 Å². The summed E-state index contributed by atoms with van der Waals surface area (Å²) in [6.07, 6.45) is 2.84. The summed E-state index contributed by atoms with van der Waals surface area (Å²) in [4.78, 5) is 24.7. The first kappa shape index (κ1) is 14.3. The van der Waals surface area contributed by atoms with E-state index in [1.807, 2.05) is 13.8 Å². The van der Waals surface area contributed by atoms with Crippen molar-refractivity contribution in [2.45, 2.75) is 33.1 Å². The molecule has 1 rings (SSSR count). The molecule has 0 aliphatic rings. The van der Waals surface area contributed by atoms with Gasteiger partial charge in [-0.3, -0.25) is 9.59 Å². The number of carbonyl (C=O) groups is 2. The van der Waals surface area contributed by atoms with Crippen molar-refractivity contribution in [2.75, 3.05) is 13.1 Å². The molecule has 5 nitrogen and oxygen atoms in total. The molecule has 1 aromatic heterocycles. The summed E-state index contributed by atoms with van der Waals surface area (Å²) in [5.41, 5.74) is 0.360. The zero-order chi connectivity index (χ0) is 13.5. The van der Waals surface area contributed by atoms with E-state index in [9.17, 15) is 9.59 Å². The molecule has 0 atom stereocenters. The normalized spacial score (nSPS) is 10.3. The van der Waals surface area contributed by atoms with E-state index in [0.717, 1.165) is 12.8 Å². The number of amides is 1. The van der Waals surface area contributed by atoms with Gasteiger partial charge in [-0.05, 0) is 18.9 Å². The van der Waals surface area contributed by atoms with Gasteiger partial charge in [-0.2, -0.15) is 0 Å². The van der Waals surface area contributed by atoms with Gasteiger partial charge in [0.05, 0.1) is 11.8 Å². The van der Waals surface area contributed by atoms with E-state index in [2.05, 4.69) is 0 Å². The molecular formula is C13H19NO4. The predicted molar refractivity (Wildman–Crippen MR) is 66.5 cm³/mol. The number of carboxylic acid groups (broad SMARTS) is 1. The van der Waals surface area contributed by atoms with Gasteiger partial charge < -0.3 is 14.4 Å². The summed E-state index contributed by atoms with van der Waals surface area (Å²) in [6, 6.07) is 1.54. The molecule has 0 radical (unpaired) electrons. The maximum absolute atomic E-state index is 12.3. The molecule has 1 aromatic rings. The lowest BCUT2D eigenvalue weighted by Crippen LogP contribution is -2.32. The summed E-state index contributed by atoms with van der Waals surface area (Å²) >= 11 is 0. The molecular weight excluding hydrogens is 234 g/mol. The van der Waals surface area contributed by atoms with Crippen LogP contribution in [-0.4, -0.2) is 35.0 Å². The Morgan fingerprint density at radius 3 is 2.39 bits per heavy atom. The Morgan fingerprint density at radius 2 is 1.89 bits per heavy atom. The SMILES string of the molecule is CCCN(CCC)C(=O)c1ccoc1CC(=O)O. The van der Waals surface area contributed by atoms with Crippen LogP contribution in [0.1, 0.15) is 42.8 Å². The standard InChI is InChI=1S/C13H19NO4/c1-3-6-14(7-4-2)13(17)10-5-8-18-11(10)9-12(15)16/h5,8H,3-4,6-7,9H2,1-2H3,(H,15,16). The van der Waals surface area contributed by atoms with Gasteiger partial charge in [-0.15, -0.1) is 0 Å². The van der Waals surface area contributed by atoms with E-state index in [-0.39, 0.29) is 18.1 Å². The number of hydrogen-bond acceptors (Lipinski definition) is 3. The Labute approximate surface area is 106 Å². The molecule has 100 valence electrons. The summed E-state index contributed by atoms with van der Waals surface area (Å²) in [7, 11) is 0. The number of rotatable bonds is 7. The minimum absolute atomic E-state index is 0.149. The number of carbonyl (C=O) groups excluding carboxylic acids is 1. The lowest BCUT2D eigenvalue weighted by Gasteiger charge is -2.21. The minimum Gasteiger partial charge on any atom is -0.481 e. The molecule has 0 spiro atoms. The van der Waals surface area contributed by atoms with Crippen LogP contribution in [0, 0.1) is 0 Å². The van der Waals surface area contributed by atoms with E-state index in [0.29, 0.717) is 18.7 Å². The van der Waals surface area contributed by atoms with Crippen LogP contribution < -0.4 is 0 Å². The first-order valence-electron chi connectivity index (χ1n) is 6.17. The molecule has 18 heavy (non-hydrogen) atoms. The van der Waals surface area contributed by atoms with Crippen molar-refractivity contribution in [2.24, 2.45) is 0 Å². The molecule has 0 aromatic carbocycles. The van der Waals surface area contributed by atoms with Crippen molar-refractivity contribution in [1.82, 2.24) is 4.90 Å². The van der Waals surface area contributed by atoms with Gasteiger partial charge in [0.1, 0.15) is 12.2 Å². The second-order valence-electron chi connectivity index (χ2n) is 4.12. The monoisotopic (exact) mass is 253 g/mol. The first-order chi connectivity index (χ1) is 8.60. The molecule has 0 aliphatic carbocycles. The molecule has 0 aliphatic heterocycles. The minimum atomic E-state index is -1.00. The van der Waals surface area contributed by atoms with Crippen molar-refractivity contribution in [3.05, 3.63) is 23.7 Å². The fourth-order valence-electron chi connectivity index (χ4n) is 1.83.